The van der Waals surface area contributed by atoms with E-state index in [1.807, 2.05) is 12.1 Å². The molecule has 3 nitrogen and oxygen atoms in total. The fourth-order valence-corrected chi connectivity index (χ4v) is 2.43. The Morgan fingerprint density at radius 3 is 2.89 bits per heavy atom. The summed E-state index contributed by atoms with van der Waals surface area (Å²) < 4.78 is 5.57. The lowest BCUT2D eigenvalue weighted by Gasteiger charge is -2.17. The van der Waals surface area contributed by atoms with Crippen LogP contribution in [0.5, 0.6) is 5.75 Å². The summed E-state index contributed by atoms with van der Waals surface area (Å²) in [6, 6.07) is 9.29. The standard InChI is InChI=1S/C14H12ClNO2/c15-13-7-11(8-14(17)16-13)9-3-4-12-10(6-9)2-1-5-18-12/h3-4,6-8H,1-2,5H2,(H,16,17). The van der Waals surface area contributed by atoms with E-state index in [2.05, 4.69) is 11.1 Å². The number of benzene rings is 1. The van der Waals surface area contributed by atoms with Crippen LogP contribution in [0.25, 0.3) is 11.1 Å². The van der Waals surface area contributed by atoms with Crippen LogP contribution in [0.3, 0.4) is 0 Å². The summed E-state index contributed by atoms with van der Waals surface area (Å²) in [4.78, 5) is 13.9. The summed E-state index contributed by atoms with van der Waals surface area (Å²) in [5, 5.41) is 0.353. The SMILES string of the molecule is O=c1cc(-c2ccc3c(c2)CCCO3)cc(Cl)[nH]1. The summed E-state index contributed by atoms with van der Waals surface area (Å²) in [7, 11) is 0. The fourth-order valence-electron chi connectivity index (χ4n) is 2.22. The Morgan fingerprint density at radius 2 is 2.06 bits per heavy atom. The molecule has 1 aliphatic rings. The van der Waals surface area contributed by atoms with Crippen molar-refractivity contribution in [1.29, 1.82) is 0 Å². The molecule has 0 amide bonds. The van der Waals surface area contributed by atoms with E-state index in [-0.39, 0.29) is 5.56 Å². The normalized spacial score (nSPS) is 13.8. The van der Waals surface area contributed by atoms with Crippen molar-refractivity contribution >= 4 is 11.6 Å². The molecule has 0 saturated heterocycles. The van der Waals surface area contributed by atoms with Gasteiger partial charge in [-0.25, -0.2) is 0 Å². The zero-order valence-corrected chi connectivity index (χ0v) is 10.5. The number of ether oxygens (including phenoxy) is 1. The average Bonchev–Trinajstić information content (AvgIpc) is 2.37. The number of H-pyrrole nitrogens is 1. The minimum atomic E-state index is -0.188. The fraction of sp³-hybridized carbons (Fsp3) is 0.214. The van der Waals surface area contributed by atoms with Crippen molar-refractivity contribution in [2.45, 2.75) is 12.8 Å². The lowest BCUT2D eigenvalue weighted by Crippen LogP contribution is -2.08. The highest BCUT2D eigenvalue weighted by atomic mass is 35.5. The smallest absolute Gasteiger partial charge is 0.249 e. The lowest BCUT2D eigenvalue weighted by atomic mass is 10.00. The second kappa shape index (κ2) is 4.50. The third kappa shape index (κ3) is 2.14. The van der Waals surface area contributed by atoms with Crippen molar-refractivity contribution in [3.8, 4) is 16.9 Å². The van der Waals surface area contributed by atoms with Crippen molar-refractivity contribution in [3.05, 3.63) is 51.4 Å². The van der Waals surface area contributed by atoms with Crippen molar-refractivity contribution in [3.63, 3.8) is 0 Å². The van der Waals surface area contributed by atoms with Crippen LogP contribution in [0.2, 0.25) is 5.15 Å². The van der Waals surface area contributed by atoms with Crippen molar-refractivity contribution in [2.75, 3.05) is 6.61 Å². The number of halogens is 1. The molecular weight excluding hydrogens is 250 g/mol. The maximum atomic E-state index is 11.4. The number of rotatable bonds is 1. The first-order chi connectivity index (χ1) is 8.72. The average molecular weight is 262 g/mol. The molecule has 0 fully saturated rings. The number of aromatic amines is 1. The zero-order chi connectivity index (χ0) is 12.5. The van der Waals surface area contributed by atoms with Crippen molar-refractivity contribution < 1.29 is 4.74 Å². The van der Waals surface area contributed by atoms with Crippen LogP contribution in [0.4, 0.5) is 0 Å². The highest BCUT2D eigenvalue weighted by molar-refractivity contribution is 6.29. The molecule has 1 N–H and O–H groups in total. The van der Waals surface area contributed by atoms with E-state index in [9.17, 15) is 4.79 Å². The maximum absolute atomic E-state index is 11.4. The van der Waals surface area contributed by atoms with Gasteiger partial charge in [0.1, 0.15) is 10.9 Å². The maximum Gasteiger partial charge on any atom is 0.249 e. The molecule has 2 aromatic rings. The number of pyridine rings is 1. The van der Waals surface area contributed by atoms with Crippen LogP contribution in [-0.2, 0) is 6.42 Å². The topological polar surface area (TPSA) is 42.1 Å². The lowest BCUT2D eigenvalue weighted by molar-refractivity contribution is 0.288. The van der Waals surface area contributed by atoms with Gasteiger partial charge in [0.25, 0.3) is 0 Å². The van der Waals surface area contributed by atoms with Gasteiger partial charge in [0.15, 0.2) is 0 Å². The first kappa shape index (κ1) is 11.4. The first-order valence-corrected chi connectivity index (χ1v) is 6.26. The van der Waals surface area contributed by atoms with Gasteiger partial charge < -0.3 is 9.72 Å². The van der Waals surface area contributed by atoms with Gasteiger partial charge in [-0.1, -0.05) is 17.7 Å². The third-order valence-electron chi connectivity index (χ3n) is 3.05. The molecule has 0 radical (unpaired) electrons. The highest BCUT2D eigenvalue weighted by Gasteiger charge is 2.11. The Labute approximate surface area is 109 Å². The van der Waals surface area contributed by atoms with E-state index in [0.29, 0.717) is 5.15 Å². The molecule has 0 atom stereocenters. The molecule has 2 heterocycles. The molecule has 0 unspecified atom stereocenters. The second-order valence-electron chi connectivity index (χ2n) is 4.36. The minimum absolute atomic E-state index is 0.188. The predicted octanol–water partition coefficient (Wildman–Crippen LogP) is 3.02. The van der Waals surface area contributed by atoms with E-state index in [0.717, 1.165) is 36.3 Å². The largest absolute Gasteiger partial charge is 0.493 e. The summed E-state index contributed by atoms with van der Waals surface area (Å²) in [6.45, 7) is 0.781. The summed E-state index contributed by atoms with van der Waals surface area (Å²) in [5.41, 5.74) is 2.82. The molecule has 0 saturated carbocycles. The quantitative estimate of drug-likeness (QED) is 0.802. The number of hydrogen-bond donors (Lipinski definition) is 1. The van der Waals surface area contributed by atoms with Gasteiger partial charge in [0.2, 0.25) is 5.56 Å². The molecule has 0 bridgehead atoms. The van der Waals surface area contributed by atoms with E-state index >= 15 is 0 Å². The molecule has 1 aromatic heterocycles. The summed E-state index contributed by atoms with van der Waals surface area (Å²) in [5.74, 6) is 0.945. The second-order valence-corrected chi connectivity index (χ2v) is 4.76. The van der Waals surface area contributed by atoms with E-state index in [1.54, 1.807) is 12.1 Å². The minimum Gasteiger partial charge on any atom is -0.493 e. The van der Waals surface area contributed by atoms with Gasteiger partial charge >= 0.3 is 0 Å². The van der Waals surface area contributed by atoms with Gasteiger partial charge in [-0.05, 0) is 47.7 Å². The van der Waals surface area contributed by atoms with E-state index < -0.39 is 0 Å². The van der Waals surface area contributed by atoms with Gasteiger partial charge in [-0.2, -0.15) is 0 Å². The van der Waals surface area contributed by atoms with E-state index in [4.69, 9.17) is 16.3 Å². The highest BCUT2D eigenvalue weighted by Crippen LogP contribution is 2.30. The van der Waals surface area contributed by atoms with Crippen LogP contribution in [-0.4, -0.2) is 11.6 Å². The molecule has 3 rings (SSSR count). The van der Waals surface area contributed by atoms with Gasteiger partial charge in [0, 0.05) is 6.07 Å². The molecule has 0 spiro atoms. The van der Waals surface area contributed by atoms with Gasteiger partial charge in [-0.15, -0.1) is 0 Å². The number of aromatic nitrogens is 1. The third-order valence-corrected chi connectivity index (χ3v) is 3.26. The molecule has 4 heteroatoms. The molecule has 18 heavy (non-hydrogen) atoms. The summed E-state index contributed by atoms with van der Waals surface area (Å²) >= 11 is 5.86. The Balaban J connectivity index is 2.08. The Morgan fingerprint density at radius 1 is 1.17 bits per heavy atom. The van der Waals surface area contributed by atoms with Crippen molar-refractivity contribution in [2.24, 2.45) is 0 Å². The molecule has 1 aromatic carbocycles. The Bertz CT molecular complexity index is 648. The van der Waals surface area contributed by atoms with Crippen LogP contribution >= 0.6 is 11.6 Å². The Kier molecular flexibility index (Phi) is 2.84. The Hall–Kier alpha value is -1.74. The molecule has 0 aliphatic carbocycles. The molecule has 1 aliphatic heterocycles. The number of fused-ring (bicyclic) bond motifs is 1. The number of hydrogen-bond acceptors (Lipinski definition) is 2. The van der Waals surface area contributed by atoms with Crippen LogP contribution in [0.1, 0.15) is 12.0 Å². The number of nitrogens with one attached hydrogen (secondary N) is 1. The first-order valence-electron chi connectivity index (χ1n) is 5.88. The molecule has 92 valence electrons. The molecular formula is C14H12ClNO2. The number of aryl methyl sites for hydroxylation is 1. The van der Waals surface area contributed by atoms with E-state index in [1.165, 1.54) is 5.56 Å². The van der Waals surface area contributed by atoms with Crippen LogP contribution in [0.15, 0.2) is 35.1 Å². The monoisotopic (exact) mass is 261 g/mol. The van der Waals surface area contributed by atoms with Crippen LogP contribution < -0.4 is 10.3 Å². The summed E-state index contributed by atoms with van der Waals surface area (Å²) in [6.07, 6.45) is 2.05. The van der Waals surface area contributed by atoms with Crippen LogP contribution in [0, 0.1) is 0 Å². The van der Waals surface area contributed by atoms with Crippen molar-refractivity contribution in [1.82, 2.24) is 4.98 Å². The van der Waals surface area contributed by atoms with Gasteiger partial charge in [-0.3, -0.25) is 4.79 Å². The predicted molar refractivity (Wildman–Crippen MR) is 71.3 cm³/mol. The van der Waals surface area contributed by atoms with Gasteiger partial charge in [0.05, 0.1) is 6.61 Å². The zero-order valence-electron chi connectivity index (χ0n) is 9.70.